The molecule has 0 aliphatic rings. The number of H-pyrrole nitrogens is 1. The zero-order valence-corrected chi connectivity index (χ0v) is 19.9. The Bertz CT molecular complexity index is 1130. The number of aliphatic carboxylic acids is 1. The second kappa shape index (κ2) is 11.0. The lowest BCUT2D eigenvalue weighted by atomic mass is 9.97. The number of ether oxygens (including phenoxy) is 3. The third-order valence-corrected chi connectivity index (χ3v) is 5.46. The molecule has 188 valence electrons. The first-order valence-corrected chi connectivity index (χ1v) is 11.0. The van der Waals surface area contributed by atoms with Gasteiger partial charge in [0, 0.05) is 13.5 Å². The molecule has 0 aliphatic heterocycles. The van der Waals surface area contributed by atoms with Gasteiger partial charge in [0.1, 0.15) is 16.7 Å². The van der Waals surface area contributed by atoms with Gasteiger partial charge in [-0.3, -0.25) is 5.10 Å². The van der Waals surface area contributed by atoms with Gasteiger partial charge < -0.3 is 19.3 Å². The lowest BCUT2D eigenvalue weighted by molar-refractivity contribution is -0.274. The summed E-state index contributed by atoms with van der Waals surface area (Å²) in [5.41, 5.74) is 2.46. The predicted molar refractivity (Wildman–Crippen MR) is 122 cm³/mol. The largest absolute Gasteiger partial charge is 0.573 e. The Kier molecular flexibility index (Phi) is 8.29. The van der Waals surface area contributed by atoms with Crippen molar-refractivity contribution in [3.63, 3.8) is 0 Å². The number of aromatic amines is 1. The molecule has 2 unspecified atom stereocenters. The number of carboxylic acids is 1. The molecule has 0 saturated heterocycles. The number of rotatable bonds is 10. The third-order valence-electron chi connectivity index (χ3n) is 5.17. The van der Waals surface area contributed by atoms with E-state index < -0.39 is 24.5 Å². The van der Waals surface area contributed by atoms with E-state index in [-0.39, 0.29) is 23.2 Å². The van der Waals surface area contributed by atoms with Gasteiger partial charge in [-0.2, -0.15) is 5.10 Å². The molecule has 3 aromatic rings. The molecule has 0 aliphatic carbocycles. The van der Waals surface area contributed by atoms with Crippen molar-refractivity contribution in [2.45, 2.75) is 44.8 Å². The lowest BCUT2D eigenvalue weighted by Gasteiger charge is -2.22. The van der Waals surface area contributed by atoms with Crippen LogP contribution < -0.4 is 9.47 Å². The summed E-state index contributed by atoms with van der Waals surface area (Å²) in [5, 5.41) is 16.4. The number of aromatic nitrogens is 2. The molecule has 1 aromatic heterocycles. The Morgan fingerprint density at radius 1 is 1.09 bits per heavy atom. The van der Waals surface area contributed by atoms with E-state index in [0.717, 1.165) is 5.56 Å². The van der Waals surface area contributed by atoms with E-state index in [1.807, 2.05) is 13.8 Å². The van der Waals surface area contributed by atoms with Crippen molar-refractivity contribution in [3.8, 4) is 11.5 Å². The summed E-state index contributed by atoms with van der Waals surface area (Å²) in [6, 6.07) is 12.1. The second-order valence-corrected chi connectivity index (χ2v) is 8.39. The summed E-state index contributed by atoms with van der Waals surface area (Å²) >= 11 is 6.41. The molecule has 0 fully saturated rings. The number of halogens is 4. The van der Waals surface area contributed by atoms with Gasteiger partial charge >= 0.3 is 12.3 Å². The summed E-state index contributed by atoms with van der Waals surface area (Å²) in [4.78, 5) is 11.2. The minimum Gasteiger partial charge on any atom is -0.481 e. The van der Waals surface area contributed by atoms with Gasteiger partial charge in [-0.15, -0.1) is 13.2 Å². The van der Waals surface area contributed by atoms with Crippen LogP contribution in [0, 0.1) is 0 Å². The quantitative estimate of drug-likeness (QED) is 0.351. The van der Waals surface area contributed by atoms with E-state index in [9.17, 15) is 23.1 Å². The average molecular weight is 513 g/mol. The van der Waals surface area contributed by atoms with Gasteiger partial charge in [0.2, 0.25) is 0 Å². The van der Waals surface area contributed by atoms with Crippen molar-refractivity contribution in [2.75, 3.05) is 7.11 Å². The highest BCUT2D eigenvalue weighted by Crippen LogP contribution is 2.37. The van der Waals surface area contributed by atoms with Crippen LogP contribution in [0.2, 0.25) is 5.15 Å². The molecule has 2 aromatic carbocycles. The Labute approximate surface area is 204 Å². The normalized spacial score (nSPS) is 13.5. The van der Waals surface area contributed by atoms with Gasteiger partial charge in [0.15, 0.2) is 12.2 Å². The molecule has 0 amide bonds. The fourth-order valence-corrected chi connectivity index (χ4v) is 3.73. The molecule has 11 heteroatoms. The first-order chi connectivity index (χ1) is 16.5. The summed E-state index contributed by atoms with van der Waals surface area (Å²) in [7, 11) is 1.33. The van der Waals surface area contributed by atoms with Crippen LogP contribution in [0.25, 0.3) is 0 Å². The molecule has 0 bridgehead atoms. The van der Waals surface area contributed by atoms with Crippen molar-refractivity contribution in [1.29, 1.82) is 0 Å². The molecule has 35 heavy (non-hydrogen) atoms. The van der Waals surface area contributed by atoms with E-state index in [1.165, 1.54) is 31.4 Å². The fourth-order valence-electron chi connectivity index (χ4n) is 3.50. The SMILES string of the molecule is COC(Cc1ccc(OC(c2ccc(OC(F)(F)F)cc2)c2c(C(C)C)n[nH]c2Cl)cc1)C(=O)O. The second-order valence-electron chi connectivity index (χ2n) is 8.02. The van der Waals surface area contributed by atoms with Crippen LogP contribution >= 0.6 is 11.6 Å². The standard InChI is InChI=1S/C24H24ClF3N2O5/c1-13(2)20-19(22(25)30-29-20)21(15-6-10-17(11-7-15)35-24(26,27)28)34-16-8-4-14(5-9-16)12-18(33-3)23(31)32/h4-11,13,18,21H,12H2,1-3H3,(H,29,30)(H,31,32). The molecular formula is C24H24ClF3N2O5. The van der Waals surface area contributed by atoms with E-state index in [0.29, 0.717) is 22.6 Å². The van der Waals surface area contributed by atoms with E-state index in [1.54, 1.807) is 24.3 Å². The maximum atomic E-state index is 12.6. The van der Waals surface area contributed by atoms with E-state index in [2.05, 4.69) is 14.9 Å². The number of carbonyl (C=O) groups is 1. The number of alkyl halides is 3. The van der Waals surface area contributed by atoms with Gasteiger partial charge in [-0.1, -0.05) is 49.7 Å². The third kappa shape index (κ3) is 6.89. The predicted octanol–water partition coefficient (Wildman–Crippen LogP) is 5.90. The smallest absolute Gasteiger partial charge is 0.481 e. The number of benzene rings is 2. The molecule has 2 N–H and O–H groups in total. The van der Waals surface area contributed by atoms with Crippen molar-refractivity contribution in [2.24, 2.45) is 0 Å². The molecule has 0 saturated carbocycles. The van der Waals surface area contributed by atoms with Crippen molar-refractivity contribution >= 4 is 17.6 Å². The molecule has 7 nitrogen and oxygen atoms in total. The van der Waals surface area contributed by atoms with E-state index >= 15 is 0 Å². The number of nitrogens with zero attached hydrogens (tertiary/aromatic N) is 1. The van der Waals surface area contributed by atoms with Gasteiger partial charge in [0.25, 0.3) is 0 Å². The topological polar surface area (TPSA) is 93.7 Å². The van der Waals surface area contributed by atoms with Gasteiger partial charge in [-0.05, 0) is 41.3 Å². The number of hydrogen-bond donors (Lipinski definition) is 2. The van der Waals surface area contributed by atoms with Crippen molar-refractivity contribution in [3.05, 3.63) is 76.1 Å². The van der Waals surface area contributed by atoms with Crippen LogP contribution in [0.1, 0.15) is 48.3 Å². The Hall–Kier alpha value is -3.24. The number of carboxylic acid groups (broad SMARTS) is 1. The van der Waals surface area contributed by atoms with Gasteiger partial charge in [-0.25, -0.2) is 4.79 Å². The molecular weight excluding hydrogens is 489 g/mol. The minimum atomic E-state index is -4.81. The number of methoxy groups -OCH3 is 1. The maximum Gasteiger partial charge on any atom is 0.573 e. The zero-order valence-electron chi connectivity index (χ0n) is 19.1. The summed E-state index contributed by atoms with van der Waals surface area (Å²) < 4.78 is 52.9. The molecule has 0 radical (unpaired) electrons. The Balaban J connectivity index is 1.93. The van der Waals surface area contributed by atoms with Crippen LogP contribution in [0.5, 0.6) is 11.5 Å². The van der Waals surface area contributed by atoms with Crippen molar-refractivity contribution in [1.82, 2.24) is 10.2 Å². The van der Waals surface area contributed by atoms with Crippen LogP contribution in [-0.2, 0) is 16.0 Å². The Morgan fingerprint density at radius 3 is 2.20 bits per heavy atom. The average Bonchev–Trinajstić information content (AvgIpc) is 3.17. The van der Waals surface area contributed by atoms with Gasteiger partial charge in [0.05, 0.1) is 11.3 Å². The molecule has 1 heterocycles. The molecule has 3 rings (SSSR count). The first kappa shape index (κ1) is 26.4. The summed E-state index contributed by atoms with van der Waals surface area (Å²) in [5.74, 6) is -1.01. The maximum absolute atomic E-state index is 12.6. The van der Waals surface area contributed by atoms with Crippen molar-refractivity contribution < 1.29 is 37.3 Å². The Morgan fingerprint density at radius 2 is 1.69 bits per heavy atom. The summed E-state index contributed by atoms with van der Waals surface area (Å²) in [6.07, 6.45) is -6.41. The minimum absolute atomic E-state index is 0.0166. The zero-order chi connectivity index (χ0) is 25.8. The highest BCUT2D eigenvalue weighted by Gasteiger charge is 2.32. The lowest BCUT2D eigenvalue weighted by Crippen LogP contribution is -2.24. The van der Waals surface area contributed by atoms with Crippen LogP contribution in [0.3, 0.4) is 0 Å². The van der Waals surface area contributed by atoms with Crippen LogP contribution in [0.15, 0.2) is 48.5 Å². The highest BCUT2D eigenvalue weighted by molar-refractivity contribution is 6.30. The number of nitrogens with one attached hydrogen (secondary N) is 1. The fraction of sp³-hybridized carbons (Fsp3) is 0.333. The summed E-state index contributed by atoms with van der Waals surface area (Å²) in [6.45, 7) is 3.85. The van der Waals surface area contributed by atoms with E-state index in [4.69, 9.17) is 21.1 Å². The highest BCUT2D eigenvalue weighted by atomic mass is 35.5. The number of hydrogen-bond acceptors (Lipinski definition) is 5. The molecule has 2 atom stereocenters. The molecule has 0 spiro atoms. The van der Waals surface area contributed by atoms with Crippen LogP contribution in [-0.4, -0.2) is 40.8 Å². The first-order valence-electron chi connectivity index (χ1n) is 10.6. The monoisotopic (exact) mass is 512 g/mol. The van der Waals surface area contributed by atoms with Crippen LogP contribution in [0.4, 0.5) is 13.2 Å².